The molecule has 3 rings (SSSR count). The van der Waals surface area contributed by atoms with Gasteiger partial charge >= 0.3 is 0 Å². The summed E-state index contributed by atoms with van der Waals surface area (Å²) in [6.07, 6.45) is 4.55. The second kappa shape index (κ2) is 7.30. The zero-order valence-corrected chi connectivity index (χ0v) is 14.9. The predicted molar refractivity (Wildman–Crippen MR) is 96.1 cm³/mol. The highest BCUT2D eigenvalue weighted by Gasteiger charge is 2.23. The Balaban J connectivity index is 1.72. The number of nitrogens with zero attached hydrogens (tertiary/aromatic N) is 2. The first kappa shape index (κ1) is 16.9. The molecule has 24 heavy (non-hydrogen) atoms. The maximum Gasteiger partial charge on any atom is 0.267 e. The van der Waals surface area contributed by atoms with Crippen LogP contribution in [0.2, 0.25) is 0 Å². The number of carbonyl (C=O) groups excluding carboxylic acids is 1. The van der Waals surface area contributed by atoms with E-state index in [1.165, 1.54) is 22.0 Å². The van der Waals surface area contributed by atoms with Crippen molar-refractivity contribution in [3.05, 3.63) is 39.5 Å². The average Bonchev–Trinajstić information content (AvgIpc) is 2.98. The maximum absolute atomic E-state index is 12.3. The molecule has 5 nitrogen and oxygen atoms in total. The molecule has 1 saturated carbocycles. The molecule has 1 aliphatic carbocycles. The highest BCUT2D eigenvalue weighted by molar-refractivity contribution is 7.15. The van der Waals surface area contributed by atoms with Crippen molar-refractivity contribution in [1.29, 1.82) is 0 Å². The van der Waals surface area contributed by atoms with E-state index in [4.69, 9.17) is 0 Å². The van der Waals surface area contributed by atoms with Crippen LogP contribution in [0.4, 0.5) is 0 Å². The summed E-state index contributed by atoms with van der Waals surface area (Å²) >= 11 is 1.62. The summed E-state index contributed by atoms with van der Waals surface area (Å²) in [6.45, 7) is 4.18. The lowest BCUT2D eigenvalue weighted by Crippen LogP contribution is -2.43. The Kier molecular flexibility index (Phi) is 5.14. The zero-order chi connectivity index (χ0) is 17.1. The molecule has 0 bridgehead atoms. The molecule has 0 radical (unpaired) electrons. The third kappa shape index (κ3) is 3.93. The minimum atomic E-state index is -0.251. The first-order valence-corrected chi connectivity index (χ1v) is 9.29. The highest BCUT2D eigenvalue weighted by atomic mass is 32.1. The van der Waals surface area contributed by atoms with Gasteiger partial charge in [0.25, 0.3) is 5.56 Å². The molecule has 0 aliphatic heterocycles. The van der Waals surface area contributed by atoms with Crippen LogP contribution in [0.3, 0.4) is 0 Å². The summed E-state index contributed by atoms with van der Waals surface area (Å²) in [4.78, 5) is 26.5. The second-order valence-corrected chi connectivity index (χ2v) is 7.85. The molecule has 2 atom stereocenters. The number of aryl methyl sites for hydroxylation is 1. The molecule has 6 heteroatoms. The summed E-state index contributed by atoms with van der Waals surface area (Å²) < 4.78 is 1.26. The van der Waals surface area contributed by atoms with Crippen molar-refractivity contribution in [2.45, 2.75) is 52.1 Å². The number of amides is 1. The third-order valence-electron chi connectivity index (χ3n) is 4.61. The van der Waals surface area contributed by atoms with Crippen molar-refractivity contribution in [3.8, 4) is 10.6 Å². The Bertz CT molecular complexity index is 781. The standard InChI is InChI=1S/C18H23N3O2S/c1-12-5-3-4-6-14(12)19-17(22)11-21-18(23)10-8-15(20-21)16-9-7-13(2)24-16/h7-10,12,14H,3-6,11H2,1-2H3,(H,19,22)/t12-,14-/m0/s1. The molecule has 1 aliphatic rings. The molecule has 1 N–H and O–H groups in total. The number of hydrogen-bond donors (Lipinski definition) is 1. The highest BCUT2D eigenvalue weighted by Crippen LogP contribution is 2.25. The average molecular weight is 345 g/mol. The van der Waals surface area contributed by atoms with Gasteiger partial charge in [-0.2, -0.15) is 5.10 Å². The molecule has 1 fully saturated rings. The van der Waals surface area contributed by atoms with Crippen LogP contribution in [0.25, 0.3) is 10.6 Å². The number of rotatable bonds is 4. The van der Waals surface area contributed by atoms with E-state index in [-0.39, 0.29) is 24.1 Å². The van der Waals surface area contributed by atoms with Gasteiger partial charge in [0.15, 0.2) is 0 Å². The van der Waals surface area contributed by atoms with Gasteiger partial charge in [-0.1, -0.05) is 19.8 Å². The molecule has 2 aromatic rings. The lowest BCUT2D eigenvalue weighted by atomic mass is 9.86. The number of carbonyl (C=O) groups is 1. The third-order valence-corrected chi connectivity index (χ3v) is 5.63. The second-order valence-electron chi connectivity index (χ2n) is 6.56. The Labute approximate surface area is 145 Å². The van der Waals surface area contributed by atoms with Crippen LogP contribution in [-0.2, 0) is 11.3 Å². The topological polar surface area (TPSA) is 64.0 Å². The molecular weight excluding hydrogens is 322 g/mol. The minimum Gasteiger partial charge on any atom is -0.351 e. The summed E-state index contributed by atoms with van der Waals surface area (Å²) in [5, 5.41) is 7.43. The Morgan fingerprint density at radius 1 is 1.29 bits per heavy atom. The normalized spacial score (nSPS) is 20.8. The Hall–Kier alpha value is -1.95. The summed E-state index contributed by atoms with van der Waals surface area (Å²) in [5.74, 6) is 0.357. The Morgan fingerprint density at radius 3 is 2.79 bits per heavy atom. The molecule has 0 saturated heterocycles. The smallest absolute Gasteiger partial charge is 0.267 e. The maximum atomic E-state index is 12.3. The van der Waals surface area contributed by atoms with Crippen molar-refractivity contribution in [3.63, 3.8) is 0 Å². The van der Waals surface area contributed by atoms with Crippen LogP contribution < -0.4 is 10.9 Å². The van der Waals surface area contributed by atoms with E-state index >= 15 is 0 Å². The number of thiophene rings is 1. The van der Waals surface area contributed by atoms with Crippen molar-refractivity contribution in [2.75, 3.05) is 0 Å². The number of aromatic nitrogens is 2. The van der Waals surface area contributed by atoms with Gasteiger partial charge in [0.2, 0.25) is 5.91 Å². The number of nitrogens with one attached hydrogen (secondary N) is 1. The quantitative estimate of drug-likeness (QED) is 0.926. The summed E-state index contributed by atoms with van der Waals surface area (Å²) in [6, 6.07) is 7.42. The van der Waals surface area contributed by atoms with Crippen LogP contribution in [0.15, 0.2) is 29.1 Å². The molecule has 1 amide bonds. The molecule has 128 valence electrons. The van der Waals surface area contributed by atoms with Gasteiger partial charge in [-0.3, -0.25) is 9.59 Å². The SMILES string of the molecule is Cc1ccc(-c2ccc(=O)n(CC(=O)N[C@H]3CCCC[C@@H]3C)n2)s1. The monoisotopic (exact) mass is 345 g/mol. The van der Waals surface area contributed by atoms with Crippen LogP contribution in [0, 0.1) is 12.8 Å². The zero-order valence-electron chi connectivity index (χ0n) is 14.1. The van der Waals surface area contributed by atoms with Gasteiger partial charge in [0.05, 0.1) is 4.88 Å². The van der Waals surface area contributed by atoms with Crippen LogP contribution in [0.1, 0.15) is 37.5 Å². The van der Waals surface area contributed by atoms with E-state index in [1.54, 1.807) is 17.4 Å². The van der Waals surface area contributed by atoms with E-state index in [0.717, 1.165) is 29.8 Å². The predicted octanol–water partition coefficient (Wildman–Crippen LogP) is 2.98. The number of hydrogen-bond acceptors (Lipinski definition) is 4. The van der Waals surface area contributed by atoms with E-state index in [1.807, 2.05) is 19.1 Å². The summed E-state index contributed by atoms with van der Waals surface area (Å²) in [7, 11) is 0. The van der Waals surface area contributed by atoms with Gasteiger partial charge in [0, 0.05) is 17.0 Å². The molecule has 0 aromatic carbocycles. The molecule has 0 spiro atoms. The van der Waals surface area contributed by atoms with Gasteiger partial charge in [-0.05, 0) is 43.9 Å². The Morgan fingerprint density at radius 2 is 2.08 bits per heavy atom. The van der Waals surface area contributed by atoms with E-state index in [0.29, 0.717) is 5.92 Å². The first-order chi connectivity index (χ1) is 11.5. The van der Waals surface area contributed by atoms with E-state index in [2.05, 4.69) is 17.3 Å². The van der Waals surface area contributed by atoms with Crippen molar-refractivity contribution >= 4 is 17.2 Å². The van der Waals surface area contributed by atoms with E-state index < -0.39 is 0 Å². The molecular formula is C18H23N3O2S. The van der Waals surface area contributed by atoms with Crippen LogP contribution >= 0.6 is 11.3 Å². The summed E-state index contributed by atoms with van der Waals surface area (Å²) in [5.41, 5.74) is 0.477. The fourth-order valence-corrected chi connectivity index (χ4v) is 4.02. The molecule has 0 unspecified atom stereocenters. The van der Waals surface area contributed by atoms with Crippen LogP contribution in [0.5, 0.6) is 0 Å². The van der Waals surface area contributed by atoms with Gasteiger partial charge in [-0.15, -0.1) is 11.3 Å². The first-order valence-electron chi connectivity index (χ1n) is 8.47. The largest absolute Gasteiger partial charge is 0.351 e. The van der Waals surface area contributed by atoms with Crippen LogP contribution in [-0.4, -0.2) is 21.7 Å². The fraction of sp³-hybridized carbons (Fsp3) is 0.500. The van der Waals surface area contributed by atoms with Gasteiger partial charge in [0.1, 0.15) is 12.2 Å². The van der Waals surface area contributed by atoms with Crippen molar-refractivity contribution < 1.29 is 4.79 Å². The lowest BCUT2D eigenvalue weighted by molar-refractivity contribution is -0.123. The van der Waals surface area contributed by atoms with Gasteiger partial charge in [-0.25, -0.2) is 4.68 Å². The van der Waals surface area contributed by atoms with Gasteiger partial charge < -0.3 is 5.32 Å². The van der Waals surface area contributed by atoms with Crippen molar-refractivity contribution in [1.82, 2.24) is 15.1 Å². The fourth-order valence-electron chi connectivity index (χ4n) is 3.18. The lowest BCUT2D eigenvalue weighted by Gasteiger charge is -2.29. The minimum absolute atomic E-state index is 0.0275. The molecule has 2 aromatic heterocycles. The molecule has 2 heterocycles. The van der Waals surface area contributed by atoms with Crippen molar-refractivity contribution in [2.24, 2.45) is 5.92 Å². The van der Waals surface area contributed by atoms with E-state index in [9.17, 15) is 9.59 Å².